The normalized spacial score (nSPS) is 10.4. The number of rotatable bonds is 5. The van der Waals surface area contributed by atoms with Crippen LogP contribution in [0, 0.1) is 6.92 Å². The zero-order chi connectivity index (χ0) is 13.7. The molecule has 4 heteroatoms. The molecule has 0 aliphatic rings. The largest absolute Gasteiger partial charge is 0.477 e. The summed E-state index contributed by atoms with van der Waals surface area (Å²) in [5.74, 6) is -0.999. The molecule has 1 heterocycles. The second kappa shape index (κ2) is 6.11. The van der Waals surface area contributed by atoms with Crippen molar-refractivity contribution in [2.75, 3.05) is 0 Å². The van der Waals surface area contributed by atoms with Gasteiger partial charge in [-0.2, -0.15) is 0 Å². The summed E-state index contributed by atoms with van der Waals surface area (Å²) >= 11 is 0. The van der Waals surface area contributed by atoms with Gasteiger partial charge in [-0.15, -0.1) is 0 Å². The molecule has 1 aromatic heterocycles. The number of benzene rings is 1. The zero-order valence-corrected chi connectivity index (χ0v) is 10.8. The highest BCUT2D eigenvalue weighted by Gasteiger charge is 2.04. The lowest BCUT2D eigenvalue weighted by Gasteiger charge is -2.07. The van der Waals surface area contributed by atoms with Crippen molar-refractivity contribution in [2.24, 2.45) is 0 Å². The Morgan fingerprint density at radius 1 is 1.16 bits per heavy atom. The first-order chi connectivity index (χ1) is 9.16. The fraction of sp³-hybridized carbons (Fsp3) is 0.200. The van der Waals surface area contributed by atoms with Crippen molar-refractivity contribution in [3.63, 3.8) is 0 Å². The Kier molecular flexibility index (Phi) is 4.26. The first kappa shape index (κ1) is 13.2. The summed E-state index contributed by atoms with van der Waals surface area (Å²) in [4.78, 5) is 14.9. The summed E-state index contributed by atoms with van der Waals surface area (Å²) in [6.07, 6.45) is 0. The zero-order valence-electron chi connectivity index (χ0n) is 10.8. The molecule has 0 amide bonds. The van der Waals surface area contributed by atoms with Crippen LogP contribution in [0.25, 0.3) is 0 Å². The Hall–Kier alpha value is -2.20. The summed E-state index contributed by atoms with van der Waals surface area (Å²) < 4.78 is 0. The average Bonchev–Trinajstić information content (AvgIpc) is 2.41. The standard InChI is InChI=1S/C15H16N2O2/c1-11-5-2-3-6-12(11)9-16-10-13-7-4-8-14(17-13)15(18)19/h2-8,16H,9-10H2,1H3,(H,18,19). The third kappa shape index (κ3) is 3.63. The van der Waals surface area contributed by atoms with E-state index >= 15 is 0 Å². The number of nitrogens with zero attached hydrogens (tertiary/aromatic N) is 1. The highest BCUT2D eigenvalue weighted by molar-refractivity contribution is 5.85. The van der Waals surface area contributed by atoms with Gasteiger partial charge in [0.1, 0.15) is 5.69 Å². The number of carbonyl (C=O) groups is 1. The smallest absolute Gasteiger partial charge is 0.354 e. The van der Waals surface area contributed by atoms with Crippen LogP contribution >= 0.6 is 0 Å². The molecular formula is C15H16N2O2. The molecule has 0 saturated carbocycles. The van der Waals surface area contributed by atoms with Crippen LogP contribution in [0.1, 0.15) is 27.3 Å². The number of hydrogen-bond acceptors (Lipinski definition) is 3. The van der Waals surface area contributed by atoms with Crippen molar-refractivity contribution in [2.45, 2.75) is 20.0 Å². The number of pyridine rings is 1. The molecule has 0 radical (unpaired) electrons. The minimum Gasteiger partial charge on any atom is -0.477 e. The van der Waals surface area contributed by atoms with Crippen molar-refractivity contribution in [1.29, 1.82) is 0 Å². The molecule has 0 aliphatic heterocycles. The fourth-order valence-corrected chi connectivity index (χ4v) is 1.83. The maximum atomic E-state index is 10.8. The van der Waals surface area contributed by atoms with E-state index in [4.69, 9.17) is 5.11 Å². The number of carboxylic acid groups (broad SMARTS) is 1. The topological polar surface area (TPSA) is 62.2 Å². The summed E-state index contributed by atoms with van der Waals surface area (Å²) in [7, 11) is 0. The van der Waals surface area contributed by atoms with Gasteiger partial charge in [-0.05, 0) is 30.2 Å². The van der Waals surface area contributed by atoms with Crippen molar-refractivity contribution < 1.29 is 9.90 Å². The van der Waals surface area contributed by atoms with E-state index in [-0.39, 0.29) is 5.69 Å². The van der Waals surface area contributed by atoms with Gasteiger partial charge >= 0.3 is 5.97 Å². The third-order valence-electron chi connectivity index (χ3n) is 2.91. The second-order valence-corrected chi connectivity index (χ2v) is 4.35. The van der Waals surface area contributed by atoms with Crippen LogP contribution in [0.2, 0.25) is 0 Å². The molecule has 0 unspecified atom stereocenters. The molecule has 98 valence electrons. The summed E-state index contributed by atoms with van der Waals surface area (Å²) in [5.41, 5.74) is 3.28. The summed E-state index contributed by atoms with van der Waals surface area (Å²) in [6, 6.07) is 13.2. The van der Waals surface area contributed by atoms with E-state index in [1.54, 1.807) is 6.07 Å². The Balaban J connectivity index is 1.94. The molecular weight excluding hydrogens is 240 g/mol. The van der Waals surface area contributed by atoms with Gasteiger partial charge in [0.05, 0.1) is 5.69 Å². The molecule has 19 heavy (non-hydrogen) atoms. The minimum atomic E-state index is -0.999. The van der Waals surface area contributed by atoms with Crippen LogP contribution in [0.15, 0.2) is 42.5 Å². The van der Waals surface area contributed by atoms with E-state index in [1.807, 2.05) is 18.2 Å². The molecule has 0 spiro atoms. The van der Waals surface area contributed by atoms with Gasteiger partial charge in [0.15, 0.2) is 0 Å². The van der Waals surface area contributed by atoms with Crippen LogP contribution in [-0.4, -0.2) is 16.1 Å². The van der Waals surface area contributed by atoms with Crippen molar-refractivity contribution in [3.05, 3.63) is 65.0 Å². The fourth-order valence-electron chi connectivity index (χ4n) is 1.83. The van der Waals surface area contributed by atoms with Gasteiger partial charge in [-0.1, -0.05) is 30.3 Å². The number of hydrogen-bond donors (Lipinski definition) is 2. The molecule has 2 N–H and O–H groups in total. The highest BCUT2D eigenvalue weighted by atomic mass is 16.4. The van der Waals surface area contributed by atoms with Crippen LogP contribution in [0.4, 0.5) is 0 Å². The van der Waals surface area contributed by atoms with Crippen LogP contribution in [0.3, 0.4) is 0 Å². The average molecular weight is 256 g/mol. The maximum absolute atomic E-state index is 10.8. The lowest BCUT2D eigenvalue weighted by Crippen LogP contribution is -2.15. The molecule has 4 nitrogen and oxygen atoms in total. The SMILES string of the molecule is Cc1ccccc1CNCc1cccc(C(=O)O)n1. The number of nitrogens with one attached hydrogen (secondary N) is 1. The van der Waals surface area contributed by atoms with E-state index in [1.165, 1.54) is 17.2 Å². The van der Waals surface area contributed by atoms with Gasteiger partial charge in [0.2, 0.25) is 0 Å². The van der Waals surface area contributed by atoms with Gasteiger partial charge in [0.25, 0.3) is 0 Å². The predicted molar refractivity (Wildman–Crippen MR) is 72.9 cm³/mol. The minimum absolute atomic E-state index is 0.0789. The molecule has 2 rings (SSSR count). The van der Waals surface area contributed by atoms with Gasteiger partial charge < -0.3 is 10.4 Å². The number of aromatic carboxylic acids is 1. The summed E-state index contributed by atoms with van der Waals surface area (Å²) in [5, 5.41) is 12.1. The molecule has 2 aromatic rings. The Morgan fingerprint density at radius 3 is 2.68 bits per heavy atom. The Labute approximate surface area is 112 Å². The maximum Gasteiger partial charge on any atom is 0.354 e. The van der Waals surface area contributed by atoms with E-state index < -0.39 is 5.97 Å². The molecule has 0 atom stereocenters. The molecule has 0 bridgehead atoms. The van der Waals surface area contributed by atoms with E-state index in [2.05, 4.69) is 29.4 Å². The molecule has 1 aromatic carbocycles. The van der Waals surface area contributed by atoms with Crippen LogP contribution in [-0.2, 0) is 13.1 Å². The van der Waals surface area contributed by atoms with Gasteiger partial charge in [0, 0.05) is 13.1 Å². The van der Waals surface area contributed by atoms with Crippen LogP contribution in [0.5, 0.6) is 0 Å². The molecule has 0 saturated heterocycles. The number of carboxylic acids is 1. The van der Waals surface area contributed by atoms with Crippen molar-refractivity contribution in [1.82, 2.24) is 10.3 Å². The quantitative estimate of drug-likeness (QED) is 0.862. The van der Waals surface area contributed by atoms with E-state index in [0.717, 1.165) is 12.2 Å². The van der Waals surface area contributed by atoms with E-state index in [0.29, 0.717) is 6.54 Å². The number of aryl methyl sites for hydroxylation is 1. The molecule has 0 fully saturated rings. The summed E-state index contributed by atoms with van der Waals surface area (Å²) in [6.45, 7) is 3.36. The monoisotopic (exact) mass is 256 g/mol. The van der Waals surface area contributed by atoms with Gasteiger partial charge in [-0.25, -0.2) is 9.78 Å². The Bertz CT molecular complexity index is 582. The second-order valence-electron chi connectivity index (χ2n) is 4.35. The first-order valence-electron chi connectivity index (χ1n) is 6.11. The highest BCUT2D eigenvalue weighted by Crippen LogP contribution is 2.06. The van der Waals surface area contributed by atoms with Crippen LogP contribution < -0.4 is 5.32 Å². The lowest BCUT2D eigenvalue weighted by molar-refractivity contribution is 0.0690. The van der Waals surface area contributed by atoms with Crippen molar-refractivity contribution >= 4 is 5.97 Å². The molecule has 0 aliphatic carbocycles. The van der Waals surface area contributed by atoms with Crippen molar-refractivity contribution in [3.8, 4) is 0 Å². The number of aromatic nitrogens is 1. The van der Waals surface area contributed by atoms with E-state index in [9.17, 15) is 4.79 Å². The first-order valence-corrected chi connectivity index (χ1v) is 6.11. The predicted octanol–water partition coefficient (Wildman–Crippen LogP) is 2.38. The lowest BCUT2D eigenvalue weighted by atomic mass is 10.1. The Morgan fingerprint density at radius 2 is 1.95 bits per heavy atom. The van der Waals surface area contributed by atoms with Gasteiger partial charge in [-0.3, -0.25) is 0 Å². The third-order valence-corrected chi connectivity index (χ3v) is 2.91.